The first-order valence-electron chi connectivity index (χ1n) is 6.22. The molecule has 2 heterocycles. The summed E-state index contributed by atoms with van der Waals surface area (Å²) < 4.78 is 1.18. The Bertz CT molecular complexity index is 933. The van der Waals surface area contributed by atoms with Crippen LogP contribution in [0.25, 0.3) is 17.0 Å². The number of hydrogen-bond acceptors (Lipinski definition) is 8. The van der Waals surface area contributed by atoms with E-state index in [1.807, 2.05) is 24.3 Å². The molecule has 1 N–H and O–H groups in total. The van der Waals surface area contributed by atoms with Crippen molar-refractivity contribution in [2.45, 2.75) is 0 Å². The van der Waals surface area contributed by atoms with Crippen LogP contribution in [-0.2, 0) is 9.63 Å². The van der Waals surface area contributed by atoms with Crippen LogP contribution in [0.15, 0.2) is 29.4 Å². The molecule has 0 bridgehead atoms. The molecule has 0 spiro atoms. The normalized spacial score (nSPS) is 14.1. The highest BCUT2D eigenvalue weighted by Crippen LogP contribution is 2.34. The maximum atomic E-state index is 10.6. The fourth-order valence-corrected chi connectivity index (χ4v) is 2.22. The number of tetrazole rings is 1. The minimum Gasteiger partial charge on any atom is -0.479 e. The lowest BCUT2D eigenvalue weighted by Crippen LogP contribution is -2.10. The summed E-state index contributed by atoms with van der Waals surface area (Å²) in [4.78, 5) is 19.8. The van der Waals surface area contributed by atoms with E-state index in [2.05, 4.69) is 30.8 Å². The minimum atomic E-state index is -1.11. The van der Waals surface area contributed by atoms with Gasteiger partial charge in [-0.3, -0.25) is 0 Å². The van der Waals surface area contributed by atoms with Gasteiger partial charge >= 0.3 is 5.97 Å². The summed E-state index contributed by atoms with van der Waals surface area (Å²) in [6.07, 6.45) is 0. The Kier molecular flexibility index (Phi) is 2.55. The largest absolute Gasteiger partial charge is 0.479 e. The van der Waals surface area contributed by atoms with E-state index in [-0.39, 0.29) is 5.78 Å². The molecule has 0 fully saturated rings. The number of carboxylic acid groups (broad SMARTS) is 1. The van der Waals surface area contributed by atoms with Crippen molar-refractivity contribution in [2.75, 3.05) is 6.61 Å². The lowest BCUT2D eigenvalue weighted by molar-refractivity contribution is -0.142. The molecule has 0 radical (unpaired) electrons. The van der Waals surface area contributed by atoms with Gasteiger partial charge in [0, 0.05) is 11.1 Å². The second-order valence-corrected chi connectivity index (χ2v) is 4.43. The number of benzene rings is 1. The number of aromatic nitrogens is 6. The molecule has 1 aliphatic rings. The third kappa shape index (κ3) is 1.78. The van der Waals surface area contributed by atoms with E-state index in [4.69, 9.17) is 9.94 Å². The van der Waals surface area contributed by atoms with Crippen LogP contribution in [-0.4, -0.2) is 53.6 Å². The Morgan fingerprint density at radius 2 is 2.09 bits per heavy atom. The Labute approximate surface area is 122 Å². The Morgan fingerprint density at radius 1 is 1.27 bits per heavy atom. The third-order valence-corrected chi connectivity index (χ3v) is 3.07. The van der Waals surface area contributed by atoms with E-state index in [9.17, 15) is 4.79 Å². The van der Waals surface area contributed by atoms with Crippen LogP contribution >= 0.6 is 0 Å². The predicted molar refractivity (Wildman–Crippen MR) is 71.0 cm³/mol. The molecule has 0 saturated heterocycles. The van der Waals surface area contributed by atoms with E-state index in [0.717, 1.165) is 11.1 Å². The van der Waals surface area contributed by atoms with Crippen molar-refractivity contribution in [3.8, 4) is 11.3 Å². The summed E-state index contributed by atoms with van der Waals surface area (Å²) in [6.45, 7) is -0.540. The van der Waals surface area contributed by atoms with Crippen LogP contribution in [0.2, 0.25) is 0 Å². The maximum absolute atomic E-state index is 10.6. The molecule has 0 aliphatic heterocycles. The molecule has 0 saturated carbocycles. The topological polar surface area (TPSA) is 128 Å². The number of fused-ring (bicyclic) bond motifs is 4. The fourth-order valence-electron chi connectivity index (χ4n) is 2.22. The molecule has 0 atom stereocenters. The van der Waals surface area contributed by atoms with Crippen LogP contribution in [0.4, 0.5) is 0 Å². The number of hydrogen-bond donors (Lipinski definition) is 1. The summed E-state index contributed by atoms with van der Waals surface area (Å²) in [7, 11) is 0. The smallest absolute Gasteiger partial charge is 0.344 e. The van der Waals surface area contributed by atoms with E-state index in [1.54, 1.807) is 0 Å². The number of oxime groups is 1. The predicted octanol–water partition coefficient (Wildman–Crippen LogP) is -0.252. The second kappa shape index (κ2) is 4.55. The summed E-state index contributed by atoms with van der Waals surface area (Å²) in [6, 6.07) is 7.39. The standard InChI is InChI=1S/C12H7N7O3/c20-8(21)5-22-16-10-7-4-2-1-3-6(7)9-11(10)15-19-12(13-9)14-17-18-19/h1-4H,5H2,(H,20,21)/b16-10+. The van der Waals surface area contributed by atoms with Gasteiger partial charge in [0.2, 0.25) is 6.61 Å². The van der Waals surface area contributed by atoms with E-state index >= 15 is 0 Å². The summed E-state index contributed by atoms with van der Waals surface area (Å²) in [5.74, 6) is -0.848. The van der Waals surface area contributed by atoms with Gasteiger partial charge < -0.3 is 9.94 Å². The van der Waals surface area contributed by atoms with Crippen molar-refractivity contribution in [1.82, 2.24) is 30.2 Å². The first-order chi connectivity index (χ1) is 10.7. The van der Waals surface area contributed by atoms with Gasteiger partial charge in [-0.15, -0.1) is 5.10 Å². The van der Waals surface area contributed by atoms with Gasteiger partial charge in [-0.25, -0.2) is 9.78 Å². The molecule has 22 heavy (non-hydrogen) atoms. The second-order valence-electron chi connectivity index (χ2n) is 4.43. The monoisotopic (exact) mass is 297 g/mol. The van der Waals surface area contributed by atoms with Gasteiger partial charge in [0.25, 0.3) is 5.78 Å². The molecule has 10 heteroatoms. The number of rotatable bonds is 3. The van der Waals surface area contributed by atoms with Crippen molar-refractivity contribution in [2.24, 2.45) is 5.16 Å². The van der Waals surface area contributed by atoms with Crippen molar-refractivity contribution in [1.29, 1.82) is 0 Å². The number of aliphatic carboxylic acids is 1. The van der Waals surface area contributed by atoms with Crippen LogP contribution in [0, 0.1) is 0 Å². The molecule has 108 valence electrons. The van der Waals surface area contributed by atoms with E-state index in [0.29, 0.717) is 17.1 Å². The maximum Gasteiger partial charge on any atom is 0.344 e. The van der Waals surface area contributed by atoms with Crippen molar-refractivity contribution < 1.29 is 14.7 Å². The molecule has 4 rings (SSSR count). The number of carbonyl (C=O) groups is 1. The lowest BCUT2D eigenvalue weighted by Gasteiger charge is -2.00. The van der Waals surface area contributed by atoms with Gasteiger partial charge in [-0.1, -0.05) is 39.1 Å². The van der Waals surface area contributed by atoms with E-state index in [1.165, 1.54) is 4.63 Å². The molecule has 1 aliphatic carbocycles. The summed E-state index contributed by atoms with van der Waals surface area (Å²) in [5, 5.41) is 27.7. The summed E-state index contributed by atoms with van der Waals surface area (Å²) in [5.41, 5.74) is 2.98. The zero-order valence-electron chi connectivity index (χ0n) is 10.9. The molecule has 2 aromatic heterocycles. The molecule has 0 unspecified atom stereocenters. The first kappa shape index (κ1) is 12.3. The van der Waals surface area contributed by atoms with Gasteiger partial charge in [0.1, 0.15) is 17.1 Å². The Hall–Kier alpha value is -3.43. The SMILES string of the molecule is O=C(O)CO/N=C1\c2ccccc2-c2nc3nnnn3nc21. The molecule has 3 aromatic rings. The summed E-state index contributed by atoms with van der Waals surface area (Å²) >= 11 is 0. The minimum absolute atomic E-state index is 0.265. The highest BCUT2D eigenvalue weighted by Gasteiger charge is 2.30. The highest BCUT2D eigenvalue weighted by atomic mass is 16.6. The fraction of sp³-hybridized carbons (Fsp3) is 0.0833. The number of nitrogens with zero attached hydrogens (tertiary/aromatic N) is 7. The molecular formula is C12H7N7O3. The van der Waals surface area contributed by atoms with Crippen LogP contribution in [0.3, 0.4) is 0 Å². The zero-order valence-corrected chi connectivity index (χ0v) is 10.9. The van der Waals surface area contributed by atoms with Gasteiger partial charge in [0.15, 0.2) is 0 Å². The lowest BCUT2D eigenvalue weighted by atomic mass is 10.1. The van der Waals surface area contributed by atoms with Crippen LogP contribution in [0.1, 0.15) is 11.3 Å². The molecule has 0 amide bonds. The highest BCUT2D eigenvalue weighted by molar-refractivity contribution is 6.22. The Balaban J connectivity index is 1.90. The van der Waals surface area contributed by atoms with Crippen molar-refractivity contribution in [3.63, 3.8) is 0 Å². The number of carboxylic acids is 1. The van der Waals surface area contributed by atoms with Crippen LogP contribution < -0.4 is 0 Å². The van der Waals surface area contributed by atoms with Crippen LogP contribution in [0.5, 0.6) is 0 Å². The van der Waals surface area contributed by atoms with Gasteiger partial charge in [-0.05, 0) is 10.4 Å². The van der Waals surface area contributed by atoms with Gasteiger partial charge in [-0.2, -0.15) is 0 Å². The van der Waals surface area contributed by atoms with Gasteiger partial charge in [0.05, 0.1) is 0 Å². The quantitative estimate of drug-likeness (QED) is 0.512. The Morgan fingerprint density at radius 3 is 2.91 bits per heavy atom. The van der Waals surface area contributed by atoms with Crippen molar-refractivity contribution >= 4 is 17.5 Å². The average molecular weight is 297 g/mol. The third-order valence-electron chi connectivity index (χ3n) is 3.07. The molecule has 1 aromatic carbocycles. The van der Waals surface area contributed by atoms with Crippen molar-refractivity contribution in [3.05, 3.63) is 35.5 Å². The zero-order chi connectivity index (χ0) is 15.1. The first-order valence-corrected chi connectivity index (χ1v) is 6.22. The molecule has 10 nitrogen and oxygen atoms in total. The molecular weight excluding hydrogens is 290 g/mol. The average Bonchev–Trinajstić information content (AvgIpc) is 3.08. The van der Waals surface area contributed by atoms with E-state index < -0.39 is 12.6 Å².